The summed E-state index contributed by atoms with van der Waals surface area (Å²) in [6.45, 7) is 4.73. The summed E-state index contributed by atoms with van der Waals surface area (Å²) in [7, 11) is 0. The Kier molecular flexibility index (Phi) is 4.67. The third kappa shape index (κ3) is 3.14. The molecule has 0 radical (unpaired) electrons. The lowest BCUT2D eigenvalue weighted by atomic mass is 9.80. The summed E-state index contributed by atoms with van der Waals surface area (Å²) >= 11 is 0. The van der Waals surface area contributed by atoms with Crippen LogP contribution in [0.1, 0.15) is 97.3 Å². The van der Waals surface area contributed by atoms with Crippen molar-refractivity contribution in [3.8, 4) is 33.6 Å². The molecule has 4 unspecified atom stereocenters. The number of hydrogen-bond donors (Lipinski definition) is 0. The van der Waals surface area contributed by atoms with E-state index in [1.165, 1.54) is 66.4 Å². The Morgan fingerprint density at radius 1 is 0.533 bits per heavy atom. The molecule has 5 aliphatic rings. The van der Waals surface area contributed by atoms with E-state index in [4.69, 9.17) is 19.4 Å². The summed E-state index contributed by atoms with van der Waals surface area (Å²) in [6, 6.07) is 31.0. The van der Waals surface area contributed by atoms with Gasteiger partial charge in [0.25, 0.3) is 0 Å². The van der Waals surface area contributed by atoms with Gasteiger partial charge in [0.05, 0.1) is 46.8 Å². The third-order valence-corrected chi connectivity index (χ3v) is 11.5. The van der Waals surface area contributed by atoms with Crippen LogP contribution in [0.2, 0.25) is 0 Å². The molecule has 2 fully saturated rings. The minimum Gasteiger partial charge on any atom is -0.365 e. The summed E-state index contributed by atoms with van der Waals surface area (Å²) < 4.78 is 13.1. The van der Waals surface area contributed by atoms with Crippen LogP contribution in [0.5, 0.6) is 0 Å². The van der Waals surface area contributed by atoms with Crippen molar-refractivity contribution in [2.24, 2.45) is 0 Å². The van der Waals surface area contributed by atoms with E-state index < -0.39 is 0 Å². The average Bonchev–Trinajstić information content (AvgIpc) is 3.92. The first-order valence-corrected chi connectivity index (χ1v) is 16.5. The van der Waals surface area contributed by atoms with Crippen molar-refractivity contribution in [1.29, 1.82) is 0 Å². The van der Waals surface area contributed by atoms with E-state index in [0.29, 0.717) is 0 Å². The normalized spacial score (nSPS) is 24.3. The van der Waals surface area contributed by atoms with Gasteiger partial charge in [-0.25, -0.2) is 9.97 Å². The van der Waals surface area contributed by atoms with Gasteiger partial charge in [0, 0.05) is 38.4 Å². The number of aromatic nitrogens is 2. The standard InChI is InChI=1S/C41H32N2O2/c1-41(2)27-19-29-25(35-31-13-15-33(44-31)37(35)39(42-29)21-9-5-3-6-10-21)17-23(27)24-18-26-30(20-28(24)41)43-40(22-11-7-4-8-12-22)38-34-16-14-32(45-34)36(26)38/h3-12,17-20,31-34H,13-16H2,1-2H3. The first-order chi connectivity index (χ1) is 22.0. The van der Waals surface area contributed by atoms with Crippen LogP contribution in [0.3, 0.4) is 0 Å². The summed E-state index contributed by atoms with van der Waals surface area (Å²) in [5, 5.41) is 2.51. The molecule has 218 valence electrons. The zero-order chi connectivity index (χ0) is 29.6. The van der Waals surface area contributed by atoms with Crippen LogP contribution in [0.4, 0.5) is 0 Å². The fourth-order valence-corrected chi connectivity index (χ4v) is 9.43. The van der Waals surface area contributed by atoms with E-state index in [9.17, 15) is 0 Å². The molecule has 6 aromatic rings. The molecular weight excluding hydrogens is 552 g/mol. The van der Waals surface area contributed by atoms with Gasteiger partial charge in [0.15, 0.2) is 0 Å². The van der Waals surface area contributed by atoms with Crippen molar-refractivity contribution in [3.63, 3.8) is 0 Å². The molecule has 1 aliphatic carbocycles. The second-order valence-electron chi connectivity index (χ2n) is 14.1. The maximum absolute atomic E-state index is 6.56. The first kappa shape index (κ1) is 24.9. The summed E-state index contributed by atoms with van der Waals surface area (Å²) in [4.78, 5) is 10.8. The highest BCUT2D eigenvalue weighted by atomic mass is 16.5. The molecule has 0 spiro atoms. The SMILES string of the molecule is CC1(C)c2cc3nc(-c4ccccc4)c4c(c3cc2-c2cc3c5c(c(-c6ccccc6)nc3cc21)C1CCC5O1)C1CCC4O1. The minimum atomic E-state index is -0.181. The predicted molar refractivity (Wildman–Crippen MR) is 177 cm³/mol. The molecule has 4 aromatic carbocycles. The van der Waals surface area contributed by atoms with Crippen molar-refractivity contribution >= 4 is 21.8 Å². The Hall–Kier alpha value is -4.38. The second-order valence-corrected chi connectivity index (χ2v) is 14.1. The van der Waals surface area contributed by atoms with Gasteiger partial charge in [-0.1, -0.05) is 74.5 Å². The van der Waals surface area contributed by atoms with Crippen molar-refractivity contribution in [3.05, 3.63) is 118 Å². The highest BCUT2D eigenvalue weighted by Gasteiger charge is 2.45. The van der Waals surface area contributed by atoms with E-state index in [-0.39, 0.29) is 29.8 Å². The molecule has 2 aromatic heterocycles. The Morgan fingerprint density at radius 2 is 0.933 bits per heavy atom. The lowest BCUT2D eigenvalue weighted by molar-refractivity contribution is 0.0720. The molecule has 6 heterocycles. The Bertz CT molecular complexity index is 2110. The Balaban J connectivity index is 1.18. The summed E-state index contributed by atoms with van der Waals surface area (Å²) in [5.41, 5.74) is 17.2. The summed E-state index contributed by atoms with van der Waals surface area (Å²) in [5.74, 6) is 0. The fraction of sp³-hybridized carbons (Fsp3) is 0.268. The van der Waals surface area contributed by atoms with E-state index in [2.05, 4.69) is 98.8 Å². The number of benzene rings is 4. The molecule has 4 nitrogen and oxygen atoms in total. The van der Waals surface area contributed by atoms with Gasteiger partial charge in [-0.05, 0) is 83.3 Å². The minimum absolute atomic E-state index is 0.140. The van der Waals surface area contributed by atoms with Crippen LogP contribution in [0, 0.1) is 0 Å². The van der Waals surface area contributed by atoms with Gasteiger partial charge in [0.2, 0.25) is 0 Å². The van der Waals surface area contributed by atoms with Crippen LogP contribution < -0.4 is 0 Å². The number of ether oxygens (including phenoxy) is 2. The van der Waals surface area contributed by atoms with E-state index >= 15 is 0 Å². The van der Waals surface area contributed by atoms with Crippen LogP contribution in [0.25, 0.3) is 55.4 Å². The van der Waals surface area contributed by atoms with Crippen molar-refractivity contribution in [1.82, 2.24) is 9.97 Å². The maximum Gasteiger partial charge on any atom is 0.0859 e. The number of rotatable bonds is 2. The Labute approximate surface area is 262 Å². The van der Waals surface area contributed by atoms with Crippen LogP contribution in [-0.4, -0.2) is 9.97 Å². The van der Waals surface area contributed by atoms with Crippen LogP contribution in [0.15, 0.2) is 84.9 Å². The molecule has 45 heavy (non-hydrogen) atoms. The summed E-state index contributed by atoms with van der Waals surface area (Å²) in [6.07, 6.45) is 4.89. The van der Waals surface area contributed by atoms with Gasteiger partial charge in [-0.3, -0.25) is 0 Å². The molecule has 2 saturated heterocycles. The molecule has 4 atom stereocenters. The zero-order valence-corrected chi connectivity index (χ0v) is 25.4. The molecule has 0 saturated carbocycles. The number of nitrogens with zero attached hydrogens (tertiary/aromatic N) is 2. The third-order valence-electron chi connectivity index (χ3n) is 11.5. The van der Waals surface area contributed by atoms with E-state index in [1.54, 1.807) is 0 Å². The zero-order valence-electron chi connectivity index (χ0n) is 25.4. The molecule has 11 rings (SSSR count). The van der Waals surface area contributed by atoms with Crippen molar-refractivity contribution in [2.45, 2.75) is 69.4 Å². The second kappa shape index (κ2) is 8.45. The van der Waals surface area contributed by atoms with E-state index in [0.717, 1.165) is 48.1 Å². The van der Waals surface area contributed by atoms with E-state index in [1.807, 2.05) is 0 Å². The largest absolute Gasteiger partial charge is 0.365 e. The average molecular weight is 585 g/mol. The number of pyridine rings is 2. The molecular formula is C41H32N2O2. The number of hydrogen-bond acceptors (Lipinski definition) is 4. The predicted octanol–water partition coefficient (Wildman–Crippen LogP) is 10.2. The quantitative estimate of drug-likeness (QED) is 0.203. The molecule has 0 N–H and O–H groups in total. The highest BCUT2D eigenvalue weighted by Crippen LogP contribution is 2.59. The molecule has 4 heteroatoms. The van der Waals surface area contributed by atoms with Crippen molar-refractivity contribution in [2.75, 3.05) is 0 Å². The molecule has 4 aliphatic heterocycles. The van der Waals surface area contributed by atoms with Crippen LogP contribution >= 0.6 is 0 Å². The maximum atomic E-state index is 6.56. The number of fused-ring (bicyclic) bond motifs is 17. The molecule has 0 amide bonds. The van der Waals surface area contributed by atoms with Crippen molar-refractivity contribution < 1.29 is 9.47 Å². The lowest BCUT2D eigenvalue weighted by Crippen LogP contribution is -2.15. The van der Waals surface area contributed by atoms with Gasteiger partial charge in [-0.2, -0.15) is 0 Å². The van der Waals surface area contributed by atoms with Gasteiger partial charge < -0.3 is 9.47 Å². The topological polar surface area (TPSA) is 44.2 Å². The lowest BCUT2D eigenvalue weighted by Gasteiger charge is -2.24. The van der Waals surface area contributed by atoms with Gasteiger partial charge in [0.1, 0.15) is 0 Å². The van der Waals surface area contributed by atoms with Gasteiger partial charge in [-0.15, -0.1) is 0 Å². The molecule has 4 bridgehead atoms. The monoisotopic (exact) mass is 584 g/mol. The highest BCUT2D eigenvalue weighted by molar-refractivity contribution is 6.00. The van der Waals surface area contributed by atoms with Gasteiger partial charge >= 0.3 is 0 Å². The smallest absolute Gasteiger partial charge is 0.0859 e. The fourth-order valence-electron chi connectivity index (χ4n) is 9.43. The Morgan fingerprint density at radius 3 is 1.36 bits per heavy atom. The van der Waals surface area contributed by atoms with Crippen LogP contribution in [-0.2, 0) is 14.9 Å². The first-order valence-electron chi connectivity index (χ1n) is 16.5.